The van der Waals surface area contributed by atoms with Crippen molar-refractivity contribution in [1.29, 1.82) is 5.26 Å². The van der Waals surface area contributed by atoms with Crippen molar-refractivity contribution in [1.82, 2.24) is 9.47 Å². The van der Waals surface area contributed by atoms with Crippen LogP contribution in [0.1, 0.15) is 62.4 Å². The van der Waals surface area contributed by atoms with E-state index in [0.29, 0.717) is 36.4 Å². The second-order valence-corrected chi connectivity index (χ2v) is 18.0. The van der Waals surface area contributed by atoms with E-state index in [-0.39, 0.29) is 6.04 Å². The van der Waals surface area contributed by atoms with Gasteiger partial charge in [0.2, 0.25) is 0 Å². The highest BCUT2D eigenvalue weighted by atomic mass is 28.3. The summed E-state index contributed by atoms with van der Waals surface area (Å²) < 4.78 is 29.3. The third kappa shape index (κ3) is 6.63. The largest absolute Gasteiger partial charge is 0.444 e. The highest BCUT2D eigenvalue weighted by Crippen LogP contribution is 2.40. The van der Waals surface area contributed by atoms with Gasteiger partial charge >= 0.3 is 6.09 Å². The van der Waals surface area contributed by atoms with Gasteiger partial charge in [-0.2, -0.15) is 5.26 Å². The van der Waals surface area contributed by atoms with Crippen LogP contribution in [0.25, 0.3) is 16.5 Å². The Balaban J connectivity index is 2.05. The minimum Gasteiger partial charge on any atom is -0.444 e. The van der Waals surface area contributed by atoms with Crippen molar-refractivity contribution in [3.05, 3.63) is 40.3 Å². The zero-order chi connectivity index (χ0) is 27.7. The van der Waals surface area contributed by atoms with Gasteiger partial charge in [0, 0.05) is 38.4 Å². The van der Waals surface area contributed by atoms with E-state index in [1.807, 2.05) is 45.3 Å². The minimum absolute atomic E-state index is 0.197. The molecule has 37 heavy (non-hydrogen) atoms. The van der Waals surface area contributed by atoms with E-state index in [1.54, 1.807) is 11.9 Å². The van der Waals surface area contributed by atoms with E-state index in [9.17, 15) is 10.1 Å². The number of benzene rings is 1. The molecule has 0 spiro atoms. The van der Waals surface area contributed by atoms with Gasteiger partial charge in [0.25, 0.3) is 0 Å². The van der Waals surface area contributed by atoms with Gasteiger partial charge in [-0.3, -0.25) is 0 Å². The van der Waals surface area contributed by atoms with Crippen molar-refractivity contribution in [2.45, 2.75) is 97.9 Å². The summed E-state index contributed by atoms with van der Waals surface area (Å²) in [4.78, 5) is 14.3. The number of nitriles is 1. The summed E-state index contributed by atoms with van der Waals surface area (Å²) in [5.74, 6) is -0.407. The van der Waals surface area contributed by atoms with Crippen LogP contribution in [0, 0.1) is 31.0 Å². The normalized spacial score (nSPS) is 16.5. The highest BCUT2D eigenvalue weighted by molar-refractivity contribution is 6.76. The average molecular weight is 528 g/mol. The number of rotatable bonds is 7. The van der Waals surface area contributed by atoms with Crippen LogP contribution in [0.3, 0.4) is 0 Å². The molecule has 1 aliphatic rings. The number of allylic oxidation sites excluding steroid dienone is 1. The van der Waals surface area contributed by atoms with Crippen LogP contribution in [0.4, 0.5) is 9.18 Å². The number of carbonyl (C=O) groups is 1. The lowest BCUT2D eigenvalue weighted by molar-refractivity contribution is 0.0247. The van der Waals surface area contributed by atoms with E-state index in [4.69, 9.17) is 9.47 Å². The van der Waals surface area contributed by atoms with Crippen molar-refractivity contribution in [3.8, 4) is 6.07 Å². The molecule has 0 unspecified atom stereocenters. The van der Waals surface area contributed by atoms with Crippen molar-refractivity contribution < 1.29 is 18.7 Å². The summed E-state index contributed by atoms with van der Waals surface area (Å²) in [5, 5.41) is 10.7. The molecule has 2 aromatic rings. The number of fused-ring (bicyclic) bond motifs is 1. The lowest BCUT2D eigenvalue weighted by atomic mass is 9.87. The standard InChI is InChI=1S/C29H42FN3O3Si/c1-19-20(2)33(18-35-13-14-37(7,8)9)27-22(17-31)16-24(30)26(25(19)27)21-11-10-12-23(15-21)32(6)28(34)36-29(3,4)5/h15-16,23H,10-14,18H2,1-9H3/t23-/m0/s1. The number of aromatic nitrogens is 1. The van der Waals surface area contributed by atoms with Crippen molar-refractivity contribution in [2.24, 2.45) is 0 Å². The third-order valence-electron chi connectivity index (χ3n) is 7.02. The Morgan fingerprint density at radius 1 is 1.30 bits per heavy atom. The first-order valence-corrected chi connectivity index (χ1v) is 16.8. The lowest BCUT2D eigenvalue weighted by Gasteiger charge is -2.32. The molecule has 0 radical (unpaired) electrons. The fraction of sp³-hybridized carbons (Fsp3) is 0.586. The smallest absolute Gasteiger partial charge is 0.410 e. The van der Waals surface area contributed by atoms with Crippen molar-refractivity contribution >= 4 is 30.6 Å². The Morgan fingerprint density at radius 3 is 2.57 bits per heavy atom. The molecule has 0 N–H and O–H groups in total. The van der Waals surface area contributed by atoms with Crippen LogP contribution in [-0.4, -0.2) is 48.9 Å². The maximum Gasteiger partial charge on any atom is 0.410 e. The molecule has 1 aromatic carbocycles. The number of ether oxygens (including phenoxy) is 2. The molecule has 8 heteroatoms. The zero-order valence-corrected chi connectivity index (χ0v) is 24.9. The van der Waals surface area contributed by atoms with Gasteiger partial charge in [-0.1, -0.05) is 25.7 Å². The van der Waals surface area contributed by atoms with Gasteiger partial charge in [0.1, 0.15) is 24.2 Å². The SMILES string of the molecule is Cc1c(C)n(COCC[Si](C)(C)C)c2c(C#N)cc(F)c(C3=C[C@@H](N(C)C(=O)OC(C)(C)C)CCC3)c12. The van der Waals surface area contributed by atoms with Gasteiger partial charge in [-0.25, -0.2) is 9.18 Å². The average Bonchev–Trinajstić information content (AvgIpc) is 3.04. The van der Waals surface area contributed by atoms with Crippen LogP contribution in [-0.2, 0) is 16.2 Å². The fourth-order valence-corrected chi connectivity index (χ4v) is 5.57. The monoisotopic (exact) mass is 527 g/mol. The number of hydrogen-bond donors (Lipinski definition) is 0. The first-order valence-electron chi connectivity index (χ1n) is 13.1. The molecule has 1 aliphatic carbocycles. The molecule has 1 aromatic heterocycles. The first kappa shape index (κ1) is 28.9. The van der Waals surface area contributed by atoms with E-state index in [1.165, 1.54) is 6.07 Å². The van der Waals surface area contributed by atoms with Crippen LogP contribution >= 0.6 is 0 Å². The predicted octanol–water partition coefficient (Wildman–Crippen LogP) is 7.38. The molecule has 0 fully saturated rings. The molecule has 0 saturated heterocycles. The van der Waals surface area contributed by atoms with Gasteiger partial charge in [0.05, 0.1) is 17.1 Å². The van der Waals surface area contributed by atoms with Crippen LogP contribution in [0.15, 0.2) is 12.1 Å². The van der Waals surface area contributed by atoms with Gasteiger partial charge in [0.15, 0.2) is 0 Å². The van der Waals surface area contributed by atoms with Crippen LogP contribution in [0.5, 0.6) is 0 Å². The maximum absolute atomic E-state index is 15.7. The van der Waals surface area contributed by atoms with E-state index >= 15 is 4.39 Å². The molecule has 0 aliphatic heterocycles. The van der Waals surface area contributed by atoms with Crippen molar-refractivity contribution in [2.75, 3.05) is 13.7 Å². The van der Waals surface area contributed by atoms with Crippen LogP contribution in [0.2, 0.25) is 25.7 Å². The molecule has 1 heterocycles. The molecule has 202 valence electrons. The predicted molar refractivity (Wildman–Crippen MR) is 150 cm³/mol. The van der Waals surface area contributed by atoms with E-state index in [0.717, 1.165) is 41.1 Å². The van der Waals surface area contributed by atoms with Gasteiger partial charge in [-0.05, 0) is 77.1 Å². The van der Waals surface area contributed by atoms with Crippen molar-refractivity contribution in [3.63, 3.8) is 0 Å². The number of aryl methyl sites for hydroxylation is 1. The quantitative estimate of drug-likeness (QED) is 0.278. The van der Waals surface area contributed by atoms with Crippen LogP contribution < -0.4 is 0 Å². The Labute approximate surface area is 222 Å². The molecular weight excluding hydrogens is 485 g/mol. The zero-order valence-electron chi connectivity index (χ0n) is 23.9. The summed E-state index contributed by atoms with van der Waals surface area (Å²) in [6.07, 6.45) is 3.91. The Kier molecular flexibility index (Phi) is 8.60. The van der Waals surface area contributed by atoms with E-state index < -0.39 is 25.6 Å². The number of hydrogen-bond acceptors (Lipinski definition) is 4. The summed E-state index contributed by atoms with van der Waals surface area (Å²) in [5.41, 5.74) is 3.72. The summed E-state index contributed by atoms with van der Waals surface area (Å²) >= 11 is 0. The Hall–Kier alpha value is -2.63. The number of amides is 1. The number of likely N-dealkylation sites (N-methyl/N-ethyl adjacent to an activating group) is 1. The minimum atomic E-state index is -1.23. The lowest BCUT2D eigenvalue weighted by Crippen LogP contribution is -2.40. The molecular formula is C29H42FN3O3Si. The molecule has 3 rings (SSSR count). The summed E-state index contributed by atoms with van der Waals surface area (Å²) in [6, 6.07) is 4.40. The number of halogens is 1. The number of carbonyl (C=O) groups excluding carboxylic acids is 1. The Morgan fingerprint density at radius 2 is 1.97 bits per heavy atom. The summed E-state index contributed by atoms with van der Waals surface area (Å²) in [6.45, 7) is 17.4. The highest BCUT2D eigenvalue weighted by Gasteiger charge is 2.29. The van der Waals surface area contributed by atoms with Gasteiger partial charge < -0.3 is 18.9 Å². The van der Waals surface area contributed by atoms with E-state index in [2.05, 4.69) is 25.7 Å². The maximum atomic E-state index is 15.7. The second kappa shape index (κ2) is 11.0. The van der Waals surface area contributed by atoms with Gasteiger partial charge in [-0.15, -0.1) is 0 Å². The molecule has 0 bridgehead atoms. The molecule has 6 nitrogen and oxygen atoms in total. The fourth-order valence-electron chi connectivity index (χ4n) is 4.81. The first-order chi connectivity index (χ1) is 17.1. The molecule has 1 amide bonds. The molecule has 0 saturated carbocycles. The second-order valence-electron chi connectivity index (χ2n) is 12.3. The Bertz CT molecular complexity index is 1240. The summed E-state index contributed by atoms with van der Waals surface area (Å²) in [7, 11) is 0.496. The topological polar surface area (TPSA) is 67.5 Å². The molecule has 1 atom stereocenters. The third-order valence-corrected chi connectivity index (χ3v) is 8.73. The number of nitrogens with zero attached hydrogens (tertiary/aromatic N) is 3.